The SMILES string of the molecule is CCOC(=O)N1CC2(CCC(N3CC4C(C3)C4C(=O)N(CC)C(C)C)C2)C1. The van der Waals surface area contributed by atoms with Gasteiger partial charge in [0.25, 0.3) is 0 Å². The molecule has 4 rings (SSSR count). The van der Waals surface area contributed by atoms with Gasteiger partial charge in [-0.2, -0.15) is 0 Å². The van der Waals surface area contributed by atoms with Crippen molar-refractivity contribution in [2.75, 3.05) is 39.3 Å². The monoisotopic (exact) mass is 377 g/mol. The van der Waals surface area contributed by atoms with E-state index in [9.17, 15) is 9.59 Å². The van der Waals surface area contributed by atoms with Gasteiger partial charge in [0.2, 0.25) is 5.91 Å². The summed E-state index contributed by atoms with van der Waals surface area (Å²) in [7, 11) is 0. The predicted molar refractivity (Wildman–Crippen MR) is 103 cm³/mol. The van der Waals surface area contributed by atoms with Crippen LogP contribution in [0.25, 0.3) is 0 Å². The van der Waals surface area contributed by atoms with Crippen molar-refractivity contribution in [3.05, 3.63) is 0 Å². The first-order valence-electron chi connectivity index (χ1n) is 10.9. The molecule has 27 heavy (non-hydrogen) atoms. The number of carbonyl (C=O) groups excluding carboxylic acids is 2. The maximum atomic E-state index is 12.8. The molecule has 0 radical (unpaired) electrons. The van der Waals surface area contributed by atoms with Crippen molar-refractivity contribution in [3.8, 4) is 0 Å². The summed E-state index contributed by atoms with van der Waals surface area (Å²) in [5.41, 5.74) is 0.329. The summed E-state index contributed by atoms with van der Waals surface area (Å²) >= 11 is 0. The second kappa shape index (κ2) is 6.94. The second-order valence-corrected chi connectivity index (χ2v) is 9.48. The van der Waals surface area contributed by atoms with Gasteiger partial charge in [-0.3, -0.25) is 9.69 Å². The highest BCUT2D eigenvalue weighted by molar-refractivity contribution is 5.83. The Balaban J connectivity index is 1.25. The lowest BCUT2D eigenvalue weighted by atomic mass is 9.78. The van der Waals surface area contributed by atoms with E-state index in [-0.39, 0.29) is 12.0 Å². The van der Waals surface area contributed by atoms with Gasteiger partial charge in [0.15, 0.2) is 0 Å². The summed E-state index contributed by atoms with van der Waals surface area (Å²) < 4.78 is 5.12. The molecule has 6 nitrogen and oxygen atoms in total. The second-order valence-electron chi connectivity index (χ2n) is 9.48. The third-order valence-corrected chi connectivity index (χ3v) is 7.53. The van der Waals surface area contributed by atoms with Gasteiger partial charge in [-0.25, -0.2) is 4.79 Å². The van der Waals surface area contributed by atoms with E-state index in [2.05, 4.69) is 25.7 Å². The molecule has 2 aliphatic carbocycles. The number of ether oxygens (including phenoxy) is 1. The number of hydrogen-bond donors (Lipinski definition) is 0. The molecule has 0 aromatic heterocycles. The Morgan fingerprint density at radius 2 is 1.85 bits per heavy atom. The highest BCUT2D eigenvalue weighted by Gasteiger charge is 2.62. The average Bonchev–Trinajstić information content (AvgIpc) is 2.97. The fourth-order valence-electron chi connectivity index (χ4n) is 6.07. The van der Waals surface area contributed by atoms with E-state index in [1.807, 2.05) is 16.7 Å². The lowest BCUT2D eigenvalue weighted by molar-refractivity contribution is -0.135. The lowest BCUT2D eigenvalue weighted by Crippen LogP contribution is -2.58. The Morgan fingerprint density at radius 3 is 2.41 bits per heavy atom. The first kappa shape index (κ1) is 19.0. The molecule has 2 heterocycles. The summed E-state index contributed by atoms with van der Waals surface area (Å²) in [6, 6.07) is 0.945. The van der Waals surface area contributed by atoms with Crippen LogP contribution in [-0.4, -0.2) is 78.1 Å². The highest BCUT2D eigenvalue weighted by atomic mass is 16.6. The first-order chi connectivity index (χ1) is 12.9. The fourth-order valence-corrected chi connectivity index (χ4v) is 6.07. The van der Waals surface area contributed by atoms with Gasteiger partial charge >= 0.3 is 6.09 Å². The van der Waals surface area contributed by atoms with Crippen molar-refractivity contribution < 1.29 is 14.3 Å². The summed E-state index contributed by atoms with van der Waals surface area (Å²) in [6.45, 7) is 13.4. The third-order valence-electron chi connectivity index (χ3n) is 7.53. The van der Waals surface area contributed by atoms with E-state index in [1.54, 1.807) is 0 Å². The van der Waals surface area contributed by atoms with Crippen molar-refractivity contribution in [1.29, 1.82) is 0 Å². The number of piperidine rings is 1. The molecule has 0 aromatic rings. The number of carbonyl (C=O) groups is 2. The van der Waals surface area contributed by atoms with Gasteiger partial charge in [-0.1, -0.05) is 0 Å². The minimum absolute atomic E-state index is 0.152. The Morgan fingerprint density at radius 1 is 1.19 bits per heavy atom. The molecule has 0 aromatic carbocycles. The van der Waals surface area contributed by atoms with Crippen molar-refractivity contribution in [2.45, 2.75) is 59.0 Å². The molecule has 2 saturated carbocycles. The number of nitrogens with zero attached hydrogens (tertiary/aromatic N) is 3. The van der Waals surface area contributed by atoms with Crippen molar-refractivity contribution in [2.24, 2.45) is 23.2 Å². The van der Waals surface area contributed by atoms with Gasteiger partial charge < -0.3 is 14.5 Å². The average molecular weight is 378 g/mol. The summed E-state index contributed by atoms with van der Waals surface area (Å²) in [6.07, 6.45) is 3.51. The predicted octanol–water partition coefficient (Wildman–Crippen LogP) is 2.43. The quantitative estimate of drug-likeness (QED) is 0.738. The summed E-state index contributed by atoms with van der Waals surface area (Å²) in [4.78, 5) is 31.2. The van der Waals surface area contributed by atoms with E-state index >= 15 is 0 Å². The lowest BCUT2D eigenvalue weighted by Gasteiger charge is -2.47. The van der Waals surface area contributed by atoms with Crippen LogP contribution in [0.4, 0.5) is 4.79 Å². The summed E-state index contributed by atoms with van der Waals surface area (Å²) in [5.74, 6) is 1.83. The molecule has 152 valence electrons. The molecular formula is C21H35N3O3. The molecule has 2 aliphatic heterocycles. The molecule has 2 amide bonds. The van der Waals surface area contributed by atoms with Crippen LogP contribution in [0, 0.1) is 23.2 Å². The van der Waals surface area contributed by atoms with Crippen LogP contribution in [0.15, 0.2) is 0 Å². The molecule has 0 bridgehead atoms. The Bertz CT molecular complexity index is 589. The molecular weight excluding hydrogens is 342 g/mol. The maximum Gasteiger partial charge on any atom is 0.409 e. The third kappa shape index (κ3) is 3.24. The fraction of sp³-hybridized carbons (Fsp3) is 0.905. The minimum atomic E-state index is -0.152. The van der Waals surface area contributed by atoms with Crippen LogP contribution in [0.2, 0.25) is 0 Å². The van der Waals surface area contributed by atoms with Gasteiger partial charge in [0.1, 0.15) is 0 Å². The van der Waals surface area contributed by atoms with Gasteiger partial charge in [0.05, 0.1) is 6.61 Å². The van der Waals surface area contributed by atoms with Gasteiger partial charge in [0, 0.05) is 56.1 Å². The maximum absolute atomic E-state index is 12.8. The molecule has 1 spiro atoms. The molecule has 2 saturated heterocycles. The van der Waals surface area contributed by atoms with Gasteiger partial charge in [-0.05, 0) is 58.8 Å². The zero-order chi connectivity index (χ0) is 19.3. The minimum Gasteiger partial charge on any atom is -0.450 e. The van der Waals surface area contributed by atoms with Crippen LogP contribution < -0.4 is 0 Å². The van der Waals surface area contributed by atoms with Crippen LogP contribution >= 0.6 is 0 Å². The standard InChI is InChI=1S/C21H35N3O3/c1-5-24(14(3)4)19(25)18-16-10-22(11-17(16)18)15-7-8-21(9-15)12-23(13-21)20(26)27-6-2/h14-18H,5-13H2,1-4H3. The molecule has 4 aliphatic rings. The number of rotatable bonds is 5. The Hall–Kier alpha value is -1.30. The normalized spacial score (nSPS) is 33.9. The van der Waals surface area contributed by atoms with Crippen LogP contribution in [0.1, 0.15) is 47.0 Å². The Labute approximate surface area is 163 Å². The van der Waals surface area contributed by atoms with E-state index in [4.69, 9.17) is 4.74 Å². The van der Waals surface area contributed by atoms with Crippen molar-refractivity contribution in [1.82, 2.24) is 14.7 Å². The van der Waals surface area contributed by atoms with Gasteiger partial charge in [-0.15, -0.1) is 0 Å². The number of amides is 2. The van der Waals surface area contributed by atoms with Crippen molar-refractivity contribution >= 4 is 12.0 Å². The zero-order valence-electron chi connectivity index (χ0n) is 17.3. The molecule has 3 unspecified atom stereocenters. The molecule has 4 fully saturated rings. The highest BCUT2D eigenvalue weighted by Crippen LogP contribution is 2.55. The summed E-state index contributed by atoms with van der Waals surface area (Å²) in [5, 5.41) is 0. The van der Waals surface area contributed by atoms with Crippen LogP contribution in [0.3, 0.4) is 0 Å². The van der Waals surface area contributed by atoms with E-state index in [1.165, 1.54) is 19.3 Å². The van der Waals surface area contributed by atoms with Crippen LogP contribution in [-0.2, 0) is 9.53 Å². The Kier molecular flexibility index (Phi) is 4.90. The molecule has 0 N–H and O–H groups in total. The number of likely N-dealkylation sites (tertiary alicyclic amines) is 2. The van der Waals surface area contributed by atoms with E-state index in [0.717, 1.165) is 32.7 Å². The largest absolute Gasteiger partial charge is 0.450 e. The van der Waals surface area contributed by atoms with Crippen molar-refractivity contribution in [3.63, 3.8) is 0 Å². The number of hydrogen-bond acceptors (Lipinski definition) is 4. The zero-order valence-corrected chi connectivity index (χ0v) is 17.3. The topological polar surface area (TPSA) is 53.1 Å². The first-order valence-corrected chi connectivity index (χ1v) is 10.9. The smallest absolute Gasteiger partial charge is 0.409 e. The van der Waals surface area contributed by atoms with E-state index < -0.39 is 0 Å². The van der Waals surface area contributed by atoms with E-state index in [0.29, 0.717) is 41.8 Å². The molecule has 3 atom stereocenters. The number of fused-ring (bicyclic) bond motifs is 1. The van der Waals surface area contributed by atoms with Crippen LogP contribution in [0.5, 0.6) is 0 Å². The molecule has 6 heteroatoms.